The highest BCUT2D eigenvalue weighted by molar-refractivity contribution is 6.26. The maximum Gasteiger partial charge on any atom is 0.250 e. The molecule has 3 aromatic carbocycles. The van der Waals surface area contributed by atoms with E-state index in [1.54, 1.807) is 18.2 Å². The number of nitrogens with one attached hydrogen (secondary N) is 3. The van der Waals surface area contributed by atoms with E-state index in [1.807, 2.05) is 30.5 Å². The molecule has 0 radical (unpaired) electrons. The number of aromatic nitrogens is 1. The molecule has 0 aliphatic carbocycles. The van der Waals surface area contributed by atoms with E-state index in [1.165, 1.54) is 18.2 Å². The van der Waals surface area contributed by atoms with Crippen molar-refractivity contribution < 1.29 is 28.2 Å². The number of anilines is 2. The topological polar surface area (TPSA) is 113 Å². The van der Waals surface area contributed by atoms with Crippen LogP contribution in [-0.2, 0) is 26.3 Å². The summed E-state index contributed by atoms with van der Waals surface area (Å²) in [5, 5.41) is 7.19. The zero-order chi connectivity index (χ0) is 27.2. The third kappa shape index (κ3) is 3.02. The van der Waals surface area contributed by atoms with Gasteiger partial charge in [-0.1, -0.05) is 18.2 Å². The van der Waals surface area contributed by atoms with Crippen molar-refractivity contribution in [3.63, 3.8) is 0 Å². The van der Waals surface area contributed by atoms with E-state index < -0.39 is 47.0 Å². The lowest BCUT2D eigenvalue weighted by molar-refractivity contribution is -0.130. The van der Waals surface area contributed by atoms with Gasteiger partial charge in [0, 0.05) is 40.5 Å². The van der Waals surface area contributed by atoms with Crippen LogP contribution in [0.1, 0.15) is 11.1 Å². The summed E-state index contributed by atoms with van der Waals surface area (Å²) in [6.45, 7) is 0.763. The Balaban J connectivity index is 1.27. The summed E-state index contributed by atoms with van der Waals surface area (Å²) < 4.78 is 25.9. The van der Waals surface area contributed by atoms with Crippen molar-refractivity contribution in [1.29, 1.82) is 0 Å². The van der Waals surface area contributed by atoms with Gasteiger partial charge in [-0.2, -0.15) is 0 Å². The van der Waals surface area contributed by atoms with Crippen molar-refractivity contribution in [1.82, 2.24) is 10.3 Å². The fourth-order valence-corrected chi connectivity index (χ4v) is 6.91. The van der Waals surface area contributed by atoms with Crippen molar-refractivity contribution in [3.05, 3.63) is 83.8 Å². The highest BCUT2D eigenvalue weighted by atomic mass is 19.1. The molecule has 0 saturated carbocycles. The molecule has 3 amide bonds. The molecule has 4 aromatic rings. The Morgan fingerprint density at radius 3 is 2.65 bits per heavy atom. The SMILES string of the molecule is O=C1C2C(Cc3c[nH]c4ccccc34)NC3(C(=O)Nc4ccc(F)cc43)C2C(=O)N1c1ccc2c(c1)OCCO2. The van der Waals surface area contributed by atoms with Crippen LogP contribution in [0, 0.1) is 17.7 Å². The number of para-hydroxylation sites is 1. The van der Waals surface area contributed by atoms with Crippen LogP contribution in [0.15, 0.2) is 66.9 Å². The van der Waals surface area contributed by atoms with Crippen LogP contribution in [0.2, 0.25) is 0 Å². The van der Waals surface area contributed by atoms with Crippen molar-refractivity contribution in [2.75, 3.05) is 23.4 Å². The van der Waals surface area contributed by atoms with Gasteiger partial charge in [0.25, 0.3) is 0 Å². The highest BCUT2D eigenvalue weighted by Gasteiger charge is 2.70. The average Bonchev–Trinajstić information content (AvgIpc) is 3.67. The third-order valence-electron chi connectivity index (χ3n) is 8.58. The summed E-state index contributed by atoms with van der Waals surface area (Å²) in [5.41, 5.74) is 1.38. The van der Waals surface area contributed by atoms with Crippen LogP contribution >= 0.6 is 0 Å². The number of benzene rings is 3. The van der Waals surface area contributed by atoms with E-state index >= 15 is 0 Å². The van der Waals surface area contributed by atoms with Crippen LogP contribution in [0.3, 0.4) is 0 Å². The summed E-state index contributed by atoms with van der Waals surface area (Å²) in [4.78, 5) is 46.5. The number of nitrogens with zero attached hydrogens (tertiary/aromatic N) is 1. The number of fused-ring (bicyclic) bond motifs is 6. The number of H-pyrrole nitrogens is 1. The number of aromatic amines is 1. The van der Waals surface area contributed by atoms with Crippen LogP contribution in [0.25, 0.3) is 10.9 Å². The summed E-state index contributed by atoms with van der Waals surface area (Å²) in [5.74, 6) is -2.92. The minimum atomic E-state index is -1.60. The summed E-state index contributed by atoms with van der Waals surface area (Å²) in [6, 6.07) is 16.2. The van der Waals surface area contributed by atoms with E-state index in [4.69, 9.17) is 9.47 Å². The lowest BCUT2D eigenvalue weighted by Crippen LogP contribution is -2.53. The molecule has 5 heterocycles. The van der Waals surface area contributed by atoms with E-state index in [0.717, 1.165) is 21.4 Å². The first-order valence-electron chi connectivity index (χ1n) is 13.2. The number of halogens is 1. The van der Waals surface area contributed by atoms with E-state index in [-0.39, 0.29) is 0 Å². The average molecular weight is 539 g/mol. The first kappa shape index (κ1) is 23.2. The van der Waals surface area contributed by atoms with E-state index in [9.17, 15) is 18.8 Å². The molecule has 8 rings (SSSR count). The molecule has 1 spiro atoms. The summed E-state index contributed by atoms with van der Waals surface area (Å²) >= 11 is 0. The van der Waals surface area contributed by atoms with Crippen LogP contribution in [-0.4, -0.2) is 42.0 Å². The Bertz CT molecular complexity index is 1770. The molecule has 4 atom stereocenters. The second kappa shape index (κ2) is 8.15. The number of carbonyl (C=O) groups excluding carboxylic acids is 3. The van der Waals surface area contributed by atoms with Gasteiger partial charge in [0.2, 0.25) is 17.7 Å². The maximum atomic E-state index is 14.6. The quantitative estimate of drug-likeness (QED) is 0.346. The van der Waals surface area contributed by atoms with Gasteiger partial charge in [-0.15, -0.1) is 0 Å². The van der Waals surface area contributed by atoms with Gasteiger partial charge in [0.05, 0.1) is 17.5 Å². The van der Waals surface area contributed by atoms with E-state index in [0.29, 0.717) is 48.1 Å². The van der Waals surface area contributed by atoms with Crippen molar-refractivity contribution in [2.45, 2.75) is 18.0 Å². The molecule has 3 N–H and O–H groups in total. The van der Waals surface area contributed by atoms with Gasteiger partial charge in [-0.05, 0) is 48.4 Å². The molecule has 9 nitrogen and oxygen atoms in total. The van der Waals surface area contributed by atoms with Gasteiger partial charge in [-0.3, -0.25) is 19.7 Å². The molecule has 2 saturated heterocycles. The molecule has 2 fully saturated rings. The molecule has 4 aliphatic rings. The second-order valence-electron chi connectivity index (χ2n) is 10.6. The summed E-state index contributed by atoms with van der Waals surface area (Å²) in [6.07, 6.45) is 2.26. The Morgan fingerprint density at radius 1 is 0.950 bits per heavy atom. The zero-order valence-corrected chi connectivity index (χ0v) is 21.1. The Labute approximate surface area is 227 Å². The lowest BCUT2D eigenvalue weighted by Gasteiger charge is -2.30. The number of carbonyl (C=O) groups is 3. The van der Waals surface area contributed by atoms with Crippen molar-refractivity contribution in [3.8, 4) is 11.5 Å². The number of amides is 3. The Kier molecular flexibility index (Phi) is 4.73. The van der Waals surface area contributed by atoms with Crippen LogP contribution in [0.4, 0.5) is 15.8 Å². The molecule has 0 bridgehead atoms. The number of hydrogen-bond donors (Lipinski definition) is 3. The minimum absolute atomic E-state index is 0.333. The Hall–Kier alpha value is -4.70. The van der Waals surface area contributed by atoms with Gasteiger partial charge in [0.1, 0.15) is 24.6 Å². The number of imide groups is 1. The summed E-state index contributed by atoms with van der Waals surface area (Å²) in [7, 11) is 0. The van der Waals surface area contributed by atoms with Crippen LogP contribution in [0.5, 0.6) is 11.5 Å². The molecule has 4 unspecified atom stereocenters. The third-order valence-corrected chi connectivity index (χ3v) is 8.58. The number of rotatable bonds is 3. The van der Waals surface area contributed by atoms with E-state index in [2.05, 4.69) is 15.6 Å². The molecule has 10 heteroatoms. The van der Waals surface area contributed by atoms with Gasteiger partial charge >= 0.3 is 0 Å². The van der Waals surface area contributed by atoms with Crippen molar-refractivity contribution in [2.24, 2.45) is 11.8 Å². The zero-order valence-electron chi connectivity index (χ0n) is 21.1. The fourth-order valence-electron chi connectivity index (χ4n) is 6.91. The standard InChI is InChI=1S/C30H23FN4O5/c31-16-5-7-21-19(12-16)30(29(38)33-21)26-25(22(34-30)11-15-14-32-20-4-2-1-3-18(15)20)27(36)35(28(26)37)17-6-8-23-24(13-17)40-10-9-39-23/h1-8,12-14,22,25-26,32,34H,9-11H2,(H,33,38). The van der Waals surface area contributed by atoms with Crippen molar-refractivity contribution >= 4 is 40.0 Å². The maximum absolute atomic E-state index is 14.6. The highest BCUT2D eigenvalue weighted by Crippen LogP contribution is 2.54. The number of ether oxygens (including phenoxy) is 2. The molecule has 1 aromatic heterocycles. The minimum Gasteiger partial charge on any atom is -0.486 e. The molecule has 200 valence electrons. The normalized spacial score (nSPS) is 26.5. The Morgan fingerprint density at radius 2 is 1.77 bits per heavy atom. The largest absolute Gasteiger partial charge is 0.486 e. The smallest absolute Gasteiger partial charge is 0.250 e. The first-order chi connectivity index (χ1) is 19.5. The van der Waals surface area contributed by atoms with Crippen LogP contribution < -0.4 is 25.0 Å². The lowest BCUT2D eigenvalue weighted by atomic mass is 9.76. The monoisotopic (exact) mass is 538 g/mol. The number of hydrogen-bond acceptors (Lipinski definition) is 6. The first-order valence-corrected chi connectivity index (χ1v) is 13.2. The van der Waals surface area contributed by atoms with Gasteiger partial charge in [-0.25, -0.2) is 9.29 Å². The molecular formula is C30H23FN4O5. The fraction of sp³-hybridized carbons (Fsp3) is 0.233. The molecular weight excluding hydrogens is 515 g/mol. The van der Waals surface area contributed by atoms with Gasteiger partial charge < -0.3 is 19.8 Å². The molecule has 4 aliphatic heterocycles. The molecule has 40 heavy (non-hydrogen) atoms. The predicted molar refractivity (Wildman–Crippen MR) is 143 cm³/mol. The van der Waals surface area contributed by atoms with Gasteiger partial charge in [0.15, 0.2) is 11.5 Å². The predicted octanol–water partition coefficient (Wildman–Crippen LogP) is 3.25. The second-order valence-corrected chi connectivity index (χ2v) is 10.6.